The molecular weight excluding hydrogens is 316 g/mol. The quantitative estimate of drug-likeness (QED) is 0.818. The van der Waals surface area contributed by atoms with Crippen LogP contribution in [0.25, 0.3) is 0 Å². The highest BCUT2D eigenvalue weighted by Crippen LogP contribution is 2.17. The average molecular weight is 330 g/mol. The van der Waals surface area contributed by atoms with E-state index in [1.165, 1.54) is 41.3 Å². The van der Waals surface area contributed by atoms with E-state index in [1.807, 2.05) is 6.92 Å². The van der Waals surface area contributed by atoms with Gasteiger partial charge in [-0.3, -0.25) is 9.40 Å². The molecule has 1 heterocycles. The molecule has 0 aliphatic heterocycles. The second-order valence-electron chi connectivity index (χ2n) is 4.21. The fraction of sp³-hybridized carbons (Fsp3) is 0.182. The molecule has 1 aromatic carbocycles. The molecule has 0 amide bonds. The largest absolute Gasteiger partial charge is 0.280 e. The Hall–Kier alpha value is -1.91. The van der Waals surface area contributed by atoms with Crippen LogP contribution in [0.15, 0.2) is 46.5 Å². The fourth-order valence-electron chi connectivity index (χ4n) is 1.58. The highest BCUT2D eigenvalue weighted by atomic mass is 32.2. The van der Waals surface area contributed by atoms with Gasteiger partial charge in [0.05, 0.1) is 11.1 Å². The molecule has 0 saturated heterocycles. The van der Waals surface area contributed by atoms with E-state index in [2.05, 4.69) is 9.82 Å². The molecule has 3 N–H and O–H groups in total. The number of anilines is 1. The second kappa shape index (κ2) is 5.47. The maximum absolute atomic E-state index is 12.1. The summed E-state index contributed by atoms with van der Waals surface area (Å²) in [5.41, 5.74) is 0.228. The summed E-state index contributed by atoms with van der Waals surface area (Å²) >= 11 is 0. The summed E-state index contributed by atoms with van der Waals surface area (Å²) in [5, 5.41) is 8.86. The Kier molecular flexibility index (Phi) is 4.03. The highest BCUT2D eigenvalue weighted by Gasteiger charge is 2.17. The highest BCUT2D eigenvalue weighted by molar-refractivity contribution is 7.92. The van der Waals surface area contributed by atoms with Crippen LogP contribution < -0.4 is 9.86 Å². The first kappa shape index (κ1) is 15.5. The molecule has 114 valence electrons. The molecular formula is C11H14N4O4S2. The summed E-state index contributed by atoms with van der Waals surface area (Å²) in [5.74, 6) is 0. The number of hydrogen-bond donors (Lipinski definition) is 2. The summed E-state index contributed by atoms with van der Waals surface area (Å²) in [6.45, 7) is 2.39. The lowest BCUT2D eigenvalue weighted by Gasteiger charge is -2.06. The van der Waals surface area contributed by atoms with E-state index >= 15 is 0 Å². The van der Waals surface area contributed by atoms with Crippen molar-refractivity contribution >= 4 is 25.7 Å². The Balaban J connectivity index is 2.24. The minimum atomic E-state index is -3.81. The third-order valence-corrected chi connectivity index (χ3v) is 4.94. The van der Waals surface area contributed by atoms with Crippen molar-refractivity contribution in [2.75, 3.05) is 4.72 Å². The van der Waals surface area contributed by atoms with Gasteiger partial charge in [0, 0.05) is 18.4 Å². The fourth-order valence-corrected chi connectivity index (χ4v) is 3.11. The molecule has 0 fully saturated rings. The molecule has 0 spiro atoms. The standard InChI is InChI=1S/C11H14N4O4S2/c1-2-15-8-11(7-13-15)21(18,19)14-9-3-5-10(6-4-9)20(12,16)17/h3-8,14H,2H2,1H3,(H2,12,16,17). The van der Waals surface area contributed by atoms with Crippen LogP contribution in [0.2, 0.25) is 0 Å². The van der Waals surface area contributed by atoms with Gasteiger partial charge in [0.15, 0.2) is 0 Å². The molecule has 0 aliphatic carbocycles. The summed E-state index contributed by atoms with van der Waals surface area (Å²) in [6, 6.07) is 5.09. The number of benzene rings is 1. The first-order valence-electron chi connectivity index (χ1n) is 5.90. The van der Waals surface area contributed by atoms with Crippen molar-refractivity contribution in [3.63, 3.8) is 0 Å². The Morgan fingerprint density at radius 1 is 1.14 bits per heavy atom. The Labute approximate surface area is 122 Å². The smallest absolute Gasteiger partial charge is 0.265 e. The van der Waals surface area contributed by atoms with Crippen molar-refractivity contribution in [2.24, 2.45) is 5.14 Å². The third kappa shape index (κ3) is 3.60. The van der Waals surface area contributed by atoms with Crippen LogP contribution in [-0.4, -0.2) is 26.6 Å². The van der Waals surface area contributed by atoms with E-state index in [0.717, 1.165) is 0 Å². The number of nitrogens with zero attached hydrogens (tertiary/aromatic N) is 2. The molecule has 21 heavy (non-hydrogen) atoms. The van der Waals surface area contributed by atoms with Crippen molar-refractivity contribution < 1.29 is 16.8 Å². The normalized spacial score (nSPS) is 12.3. The van der Waals surface area contributed by atoms with Crippen molar-refractivity contribution in [3.05, 3.63) is 36.7 Å². The van der Waals surface area contributed by atoms with Crippen LogP contribution in [0.5, 0.6) is 0 Å². The van der Waals surface area contributed by atoms with Gasteiger partial charge in [0.25, 0.3) is 10.0 Å². The van der Waals surface area contributed by atoms with Gasteiger partial charge in [-0.05, 0) is 31.2 Å². The number of primary sulfonamides is 1. The van der Waals surface area contributed by atoms with Crippen LogP contribution in [0.1, 0.15) is 6.92 Å². The van der Waals surface area contributed by atoms with Gasteiger partial charge < -0.3 is 0 Å². The van der Waals surface area contributed by atoms with E-state index in [1.54, 1.807) is 0 Å². The summed E-state index contributed by atoms with van der Waals surface area (Å²) < 4.78 is 50.3. The number of hydrogen-bond acceptors (Lipinski definition) is 5. The molecule has 2 aromatic rings. The lowest BCUT2D eigenvalue weighted by molar-refractivity contribution is 0.597. The topological polar surface area (TPSA) is 124 Å². The molecule has 8 nitrogen and oxygen atoms in total. The number of nitrogens with one attached hydrogen (secondary N) is 1. The van der Waals surface area contributed by atoms with Crippen LogP contribution in [0.4, 0.5) is 5.69 Å². The Morgan fingerprint density at radius 2 is 1.76 bits per heavy atom. The van der Waals surface area contributed by atoms with Gasteiger partial charge >= 0.3 is 0 Å². The van der Waals surface area contributed by atoms with Gasteiger partial charge in [-0.25, -0.2) is 22.0 Å². The zero-order valence-corrected chi connectivity index (χ0v) is 12.7. The summed E-state index contributed by atoms with van der Waals surface area (Å²) in [4.78, 5) is -0.0656. The van der Waals surface area contributed by atoms with Gasteiger partial charge in [0.2, 0.25) is 10.0 Å². The zero-order chi connectivity index (χ0) is 15.7. The first-order chi connectivity index (χ1) is 9.72. The zero-order valence-electron chi connectivity index (χ0n) is 11.1. The lowest BCUT2D eigenvalue weighted by atomic mass is 10.3. The maximum atomic E-state index is 12.1. The van der Waals surface area contributed by atoms with E-state index in [4.69, 9.17) is 5.14 Å². The Morgan fingerprint density at radius 3 is 2.24 bits per heavy atom. The molecule has 1 aromatic heterocycles. The maximum Gasteiger partial charge on any atom is 0.265 e. The van der Waals surface area contributed by atoms with Crippen molar-refractivity contribution in [2.45, 2.75) is 23.3 Å². The van der Waals surface area contributed by atoms with E-state index in [9.17, 15) is 16.8 Å². The molecule has 0 aliphatic rings. The second-order valence-corrected chi connectivity index (χ2v) is 7.45. The van der Waals surface area contributed by atoms with E-state index in [-0.39, 0.29) is 15.5 Å². The van der Waals surface area contributed by atoms with Crippen molar-refractivity contribution in [3.8, 4) is 0 Å². The number of rotatable bonds is 5. The van der Waals surface area contributed by atoms with Gasteiger partial charge in [-0.15, -0.1) is 0 Å². The van der Waals surface area contributed by atoms with Crippen LogP contribution in [-0.2, 0) is 26.6 Å². The predicted molar refractivity (Wildman–Crippen MR) is 76.5 cm³/mol. The molecule has 0 unspecified atom stereocenters. The number of sulfonamides is 2. The van der Waals surface area contributed by atoms with E-state index in [0.29, 0.717) is 6.54 Å². The van der Waals surface area contributed by atoms with Gasteiger partial charge in [-0.2, -0.15) is 5.10 Å². The monoisotopic (exact) mass is 330 g/mol. The lowest BCUT2D eigenvalue weighted by Crippen LogP contribution is -2.14. The van der Waals surface area contributed by atoms with Crippen molar-refractivity contribution in [1.29, 1.82) is 0 Å². The molecule has 0 bridgehead atoms. The molecule has 0 radical (unpaired) electrons. The molecule has 0 atom stereocenters. The van der Waals surface area contributed by atoms with Crippen LogP contribution >= 0.6 is 0 Å². The van der Waals surface area contributed by atoms with Crippen LogP contribution in [0, 0.1) is 0 Å². The summed E-state index contributed by atoms with van der Waals surface area (Å²) in [6.07, 6.45) is 2.64. The number of aryl methyl sites for hydroxylation is 1. The van der Waals surface area contributed by atoms with Crippen LogP contribution in [0.3, 0.4) is 0 Å². The van der Waals surface area contributed by atoms with Gasteiger partial charge in [-0.1, -0.05) is 0 Å². The third-order valence-electron chi connectivity index (χ3n) is 2.68. The average Bonchev–Trinajstić information content (AvgIpc) is 2.87. The Bertz CT molecular complexity index is 839. The van der Waals surface area contributed by atoms with Crippen molar-refractivity contribution in [1.82, 2.24) is 9.78 Å². The summed E-state index contributed by atoms with van der Waals surface area (Å²) in [7, 11) is -7.57. The minimum absolute atomic E-state index is 0.0277. The first-order valence-corrected chi connectivity index (χ1v) is 8.93. The minimum Gasteiger partial charge on any atom is -0.280 e. The number of aromatic nitrogens is 2. The number of nitrogens with two attached hydrogens (primary N) is 1. The molecule has 0 saturated carbocycles. The predicted octanol–water partition coefficient (Wildman–Crippen LogP) is 0.351. The SMILES string of the molecule is CCn1cc(S(=O)(=O)Nc2ccc(S(N)(=O)=O)cc2)cn1. The van der Waals surface area contributed by atoms with Gasteiger partial charge in [0.1, 0.15) is 4.90 Å². The molecule has 10 heteroatoms. The molecule has 2 rings (SSSR count). The van der Waals surface area contributed by atoms with E-state index < -0.39 is 20.0 Å².